The number of amides is 1. The number of pyridine rings is 1. The topological polar surface area (TPSA) is 92.2 Å². The fraction of sp³-hybridized carbons (Fsp3) is 0.294. The van der Waals surface area contributed by atoms with Gasteiger partial charge in [0.2, 0.25) is 5.78 Å². The second-order valence-corrected chi connectivity index (χ2v) is 5.75. The highest BCUT2D eigenvalue weighted by Gasteiger charge is 2.19. The number of aromatic amines is 1. The minimum atomic E-state index is -0.406. The van der Waals surface area contributed by atoms with Crippen molar-refractivity contribution >= 4 is 11.7 Å². The van der Waals surface area contributed by atoms with Gasteiger partial charge in [0.25, 0.3) is 11.5 Å². The first kappa shape index (κ1) is 15.9. The number of carbonyl (C=O) groups excluding carboxylic acids is 1. The average Bonchev–Trinajstić information content (AvgIpc) is 2.99. The maximum absolute atomic E-state index is 12.5. The molecule has 7 nitrogen and oxygen atoms in total. The molecule has 0 bridgehead atoms. The van der Waals surface area contributed by atoms with Gasteiger partial charge in [-0.05, 0) is 38.0 Å². The molecule has 0 saturated carbocycles. The minimum absolute atomic E-state index is 0.110. The molecule has 3 aromatic rings. The largest absolute Gasteiger partial charge is 0.343 e. The number of aryl methyl sites for hydroxylation is 2. The van der Waals surface area contributed by atoms with Crippen molar-refractivity contribution < 1.29 is 4.79 Å². The third-order valence-electron chi connectivity index (χ3n) is 4.07. The Hall–Kier alpha value is -2.96. The molecule has 0 saturated heterocycles. The van der Waals surface area contributed by atoms with Crippen molar-refractivity contribution in [3.05, 3.63) is 63.6 Å². The number of fused-ring (bicyclic) bond motifs is 1. The van der Waals surface area contributed by atoms with Gasteiger partial charge in [0.15, 0.2) is 0 Å². The van der Waals surface area contributed by atoms with Gasteiger partial charge in [-0.25, -0.2) is 9.97 Å². The standard InChI is InChI=1S/C17H19N5O2/c1-4-13(14-9-22-7-5-6-18-17(22)21-14)20-16(24)12-8-10(2)11(3)19-15(12)23/h5-9,13H,4H2,1-3H3,(H,19,23)(H,20,24)/t13-/m0/s1. The van der Waals surface area contributed by atoms with Crippen LogP contribution in [-0.4, -0.2) is 25.3 Å². The van der Waals surface area contributed by atoms with Crippen LogP contribution in [0.5, 0.6) is 0 Å². The molecule has 0 spiro atoms. The highest BCUT2D eigenvalue weighted by molar-refractivity contribution is 5.94. The van der Waals surface area contributed by atoms with Crippen LogP contribution < -0.4 is 10.9 Å². The summed E-state index contributed by atoms with van der Waals surface area (Å²) in [5, 5.41) is 2.89. The molecule has 0 radical (unpaired) electrons. The van der Waals surface area contributed by atoms with Crippen molar-refractivity contribution in [3.8, 4) is 0 Å². The predicted octanol–water partition coefficient (Wildman–Crippen LogP) is 1.92. The third kappa shape index (κ3) is 2.92. The third-order valence-corrected chi connectivity index (χ3v) is 4.07. The molecule has 3 rings (SSSR count). The molecule has 0 unspecified atom stereocenters. The Bertz CT molecular complexity index is 924. The number of rotatable bonds is 4. The number of carbonyl (C=O) groups is 1. The van der Waals surface area contributed by atoms with E-state index in [9.17, 15) is 9.59 Å². The summed E-state index contributed by atoms with van der Waals surface area (Å²) in [4.78, 5) is 35.8. The zero-order chi connectivity index (χ0) is 17.3. The first-order valence-corrected chi connectivity index (χ1v) is 7.80. The van der Waals surface area contributed by atoms with E-state index in [4.69, 9.17) is 0 Å². The van der Waals surface area contributed by atoms with Crippen molar-refractivity contribution in [3.63, 3.8) is 0 Å². The van der Waals surface area contributed by atoms with Crippen molar-refractivity contribution in [2.45, 2.75) is 33.2 Å². The molecule has 0 aliphatic rings. The van der Waals surface area contributed by atoms with E-state index in [2.05, 4.69) is 20.3 Å². The van der Waals surface area contributed by atoms with E-state index >= 15 is 0 Å². The SMILES string of the molecule is CC[C@H](NC(=O)c1cc(C)c(C)[nH]c1=O)c1cn2cccnc2n1. The number of H-pyrrole nitrogens is 1. The molecule has 124 valence electrons. The number of hydrogen-bond acceptors (Lipinski definition) is 4. The van der Waals surface area contributed by atoms with Gasteiger partial charge in [-0.2, -0.15) is 0 Å². The molecule has 2 N–H and O–H groups in total. The van der Waals surface area contributed by atoms with Crippen molar-refractivity contribution in [2.24, 2.45) is 0 Å². The number of nitrogens with zero attached hydrogens (tertiary/aromatic N) is 3. The quantitative estimate of drug-likeness (QED) is 0.766. The first-order chi connectivity index (χ1) is 11.5. The fourth-order valence-electron chi connectivity index (χ4n) is 2.53. The number of aromatic nitrogens is 4. The molecular weight excluding hydrogens is 306 g/mol. The summed E-state index contributed by atoms with van der Waals surface area (Å²) in [5.41, 5.74) is 2.06. The highest BCUT2D eigenvalue weighted by Crippen LogP contribution is 2.16. The second-order valence-electron chi connectivity index (χ2n) is 5.75. The van der Waals surface area contributed by atoms with Gasteiger partial charge in [0.05, 0.1) is 11.7 Å². The van der Waals surface area contributed by atoms with Crippen LogP contribution in [0.25, 0.3) is 5.78 Å². The van der Waals surface area contributed by atoms with Gasteiger partial charge in [-0.3, -0.25) is 14.0 Å². The lowest BCUT2D eigenvalue weighted by Gasteiger charge is -2.14. The Morgan fingerprint density at radius 3 is 2.92 bits per heavy atom. The maximum atomic E-state index is 12.5. The molecular formula is C17H19N5O2. The van der Waals surface area contributed by atoms with Crippen LogP contribution >= 0.6 is 0 Å². The molecule has 3 aromatic heterocycles. The van der Waals surface area contributed by atoms with Gasteiger partial charge in [-0.1, -0.05) is 6.92 Å². The van der Waals surface area contributed by atoms with Gasteiger partial charge >= 0.3 is 0 Å². The van der Waals surface area contributed by atoms with Crippen LogP contribution in [0, 0.1) is 13.8 Å². The van der Waals surface area contributed by atoms with Gasteiger partial charge in [0, 0.05) is 24.3 Å². The number of hydrogen-bond donors (Lipinski definition) is 2. The zero-order valence-corrected chi connectivity index (χ0v) is 13.8. The lowest BCUT2D eigenvalue weighted by Crippen LogP contribution is -2.33. The van der Waals surface area contributed by atoms with Crippen LogP contribution in [0.1, 0.15) is 46.7 Å². The van der Waals surface area contributed by atoms with Gasteiger partial charge in [0.1, 0.15) is 5.56 Å². The van der Waals surface area contributed by atoms with Crippen molar-refractivity contribution in [1.29, 1.82) is 0 Å². The smallest absolute Gasteiger partial charge is 0.261 e. The Morgan fingerprint density at radius 2 is 2.21 bits per heavy atom. The summed E-state index contributed by atoms with van der Waals surface area (Å²) >= 11 is 0. The average molecular weight is 325 g/mol. The predicted molar refractivity (Wildman–Crippen MR) is 90.0 cm³/mol. The van der Waals surface area contributed by atoms with Crippen molar-refractivity contribution in [2.75, 3.05) is 0 Å². The molecule has 0 aromatic carbocycles. The Kier molecular flexibility index (Phi) is 4.16. The van der Waals surface area contributed by atoms with E-state index in [1.54, 1.807) is 23.6 Å². The second kappa shape index (κ2) is 6.27. The van der Waals surface area contributed by atoms with Crippen LogP contribution in [0.15, 0.2) is 35.5 Å². The van der Waals surface area contributed by atoms with E-state index in [0.29, 0.717) is 17.9 Å². The van der Waals surface area contributed by atoms with E-state index in [0.717, 1.165) is 11.3 Å². The summed E-state index contributed by atoms with van der Waals surface area (Å²) in [5.74, 6) is 0.167. The lowest BCUT2D eigenvalue weighted by molar-refractivity contribution is 0.0933. The van der Waals surface area contributed by atoms with Crippen LogP contribution in [0.3, 0.4) is 0 Å². The van der Waals surface area contributed by atoms with E-state index in [1.807, 2.05) is 32.3 Å². The summed E-state index contributed by atoms with van der Waals surface area (Å²) in [7, 11) is 0. The monoisotopic (exact) mass is 325 g/mol. The van der Waals surface area contributed by atoms with E-state index in [1.165, 1.54) is 0 Å². The lowest BCUT2D eigenvalue weighted by atomic mass is 10.1. The van der Waals surface area contributed by atoms with Crippen LogP contribution in [-0.2, 0) is 0 Å². The Balaban J connectivity index is 1.89. The molecule has 1 atom stereocenters. The molecule has 7 heteroatoms. The van der Waals surface area contributed by atoms with E-state index < -0.39 is 5.91 Å². The molecule has 0 aliphatic carbocycles. The molecule has 1 amide bonds. The molecule has 3 heterocycles. The summed E-state index contributed by atoms with van der Waals surface area (Å²) in [6.07, 6.45) is 6.00. The van der Waals surface area contributed by atoms with Crippen LogP contribution in [0.2, 0.25) is 0 Å². The zero-order valence-electron chi connectivity index (χ0n) is 13.8. The van der Waals surface area contributed by atoms with E-state index in [-0.39, 0.29) is 17.2 Å². The summed E-state index contributed by atoms with van der Waals surface area (Å²) in [6, 6.07) is 3.13. The molecule has 24 heavy (non-hydrogen) atoms. The highest BCUT2D eigenvalue weighted by atomic mass is 16.2. The molecule has 0 aliphatic heterocycles. The summed E-state index contributed by atoms with van der Waals surface area (Å²) < 4.78 is 1.80. The summed E-state index contributed by atoms with van der Waals surface area (Å²) in [6.45, 7) is 5.61. The van der Waals surface area contributed by atoms with Gasteiger partial charge < -0.3 is 10.3 Å². The fourth-order valence-corrected chi connectivity index (χ4v) is 2.53. The number of nitrogens with one attached hydrogen (secondary N) is 2. The van der Waals surface area contributed by atoms with Crippen LogP contribution in [0.4, 0.5) is 0 Å². The Morgan fingerprint density at radius 1 is 1.42 bits per heavy atom. The Labute approximate surface area is 138 Å². The van der Waals surface area contributed by atoms with Gasteiger partial charge in [-0.15, -0.1) is 0 Å². The minimum Gasteiger partial charge on any atom is -0.343 e. The maximum Gasteiger partial charge on any atom is 0.261 e. The van der Waals surface area contributed by atoms with Crippen molar-refractivity contribution in [1.82, 2.24) is 24.7 Å². The molecule has 0 fully saturated rings. The number of imidazole rings is 1. The first-order valence-electron chi connectivity index (χ1n) is 7.80. The normalized spacial score (nSPS) is 12.3.